The van der Waals surface area contributed by atoms with Crippen LogP contribution >= 0.6 is 27.3 Å². The van der Waals surface area contributed by atoms with Crippen molar-refractivity contribution < 1.29 is 9.53 Å². The predicted molar refractivity (Wildman–Crippen MR) is 105 cm³/mol. The third-order valence-corrected chi connectivity index (χ3v) is 5.86. The number of halogens is 1. The van der Waals surface area contributed by atoms with Crippen molar-refractivity contribution >= 4 is 38.3 Å². The van der Waals surface area contributed by atoms with Crippen molar-refractivity contribution in [2.45, 2.75) is 31.7 Å². The molecule has 2 aromatic rings. The number of carbonyl (C=O) groups is 1. The Morgan fingerprint density at radius 1 is 1.52 bits per heavy atom. The van der Waals surface area contributed by atoms with Crippen LogP contribution in [0.2, 0.25) is 0 Å². The van der Waals surface area contributed by atoms with Crippen molar-refractivity contribution in [2.24, 2.45) is 0 Å². The van der Waals surface area contributed by atoms with Gasteiger partial charge < -0.3 is 15.0 Å². The van der Waals surface area contributed by atoms with E-state index in [9.17, 15) is 4.79 Å². The first-order valence-electron chi connectivity index (χ1n) is 8.42. The molecule has 1 amide bonds. The Balaban J connectivity index is 1.46. The minimum absolute atomic E-state index is 0.0953. The maximum Gasteiger partial charge on any atom is 0.220 e. The molecule has 1 aromatic carbocycles. The van der Waals surface area contributed by atoms with E-state index in [1.165, 1.54) is 0 Å². The van der Waals surface area contributed by atoms with E-state index in [1.807, 2.05) is 29.8 Å². The van der Waals surface area contributed by atoms with Gasteiger partial charge in [0.1, 0.15) is 5.75 Å². The highest BCUT2D eigenvalue weighted by Crippen LogP contribution is 2.27. The summed E-state index contributed by atoms with van der Waals surface area (Å²) in [6.45, 7) is 1.71. The van der Waals surface area contributed by atoms with Gasteiger partial charge in [0, 0.05) is 37.1 Å². The zero-order chi connectivity index (χ0) is 17.6. The molecule has 0 bridgehead atoms. The molecule has 7 heteroatoms. The fourth-order valence-corrected chi connectivity index (χ4v) is 4.43. The number of aromatic nitrogens is 1. The lowest BCUT2D eigenvalue weighted by Gasteiger charge is -2.24. The lowest BCUT2D eigenvalue weighted by Crippen LogP contribution is -2.40. The molecule has 0 radical (unpaired) electrons. The third-order valence-electron chi connectivity index (χ3n) is 4.43. The van der Waals surface area contributed by atoms with Gasteiger partial charge in [0.15, 0.2) is 5.13 Å². The molecule has 5 nitrogen and oxygen atoms in total. The van der Waals surface area contributed by atoms with Crippen LogP contribution in [0.3, 0.4) is 0 Å². The van der Waals surface area contributed by atoms with Crippen LogP contribution in [0.15, 0.2) is 34.2 Å². The van der Waals surface area contributed by atoms with E-state index in [0.29, 0.717) is 19.0 Å². The van der Waals surface area contributed by atoms with Crippen LogP contribution in [0.25, 0.3) is 0 Å². The molecule has 3 rings (SSSR count). The number of aryl methyl sites for hydroxylation is 1. The maximum absolute atomic E-state index is 12.2. The Kier molecular flexibility index (Phi) is 6.31. The van der Waals surface area contributed by atoms with Gasteiger partial charge in [0.05, 0.1) is 11.6 Å². The molecule has 1 fully saturated rings. The summed E-state index contributed by atoms with van der Waals surface area (Å²) in [5.74, 6) is 0.898. The first-order chi connectivity index (χ1) is 12.2. The monoisotopic (exact) mass is 423 g/mol. The zero-order valence-electron chi connectivity index (χ0n) is 14.2. The topological polar surface area (TPSA) is 54.5 Å². The minimum Gasteiger partial charge on any atom is -0.496 e. The Hall–Kier alpha value is -1.60. The molecule has 0 spiro atoms. The summed E-state index contributed by atoms with van der Waals surface area (Å²) < 4.78 is 6.14. The lowest BCUT2D eigenvalue weighted by atomic mass is 10.1. The molecule has 1 aromatic heterocycles. The minimum atomic E-state index is 0.0953. The highest BCUT2D eigenvalue weighted by atomic mass is 79.9. The molecule has 1 unspecified atom stereocenters. The summed E-state index contributed by atoms with van der Waals surface area (Å²) >= 11 is 5.14. The molecular formula is C18H22BrN3O2S. The van der Waals surface area contributed by atoms with Gasteiger partial charge in [-0.05, 0) is 52.9 Å². The van der Waals surface area contributed by atoms with Crippen molar-refractivity contribution in [1.82, 2.24) is 10.3 Å². The van der Waals surface area contributed by atoms with E-state index in [4.69, 9.17) is 4.74 Å². The van der Waals surface area contributed by atoms with E-state index in [2.05, 4.69) is 31.1 Å². The van der Waals surface area contributed by atoms with Gasteiger partial charge >= 0.3 is 0 Å². The fraction of sp³-hybridized carbons (Fsp3) is 0.444. The zero-order valence-corrected chi connectivity index (χ0v) is 16.6. The molecule has 25 heavy (non-hydrogen) atoms. The second kappa shape index (κ2) is 8.67. The normalized spacial score (nSPS) is 16.9. The van der Waals surface area contributed by atoms with Crippen LogP contribution in [-0.2, 0) is 11.2 Å². The summed E-state index contributed by atoms with van der Waals surface area (Å²) in [6.07, 6.45) is 5.30. The Labute approximate surface area is 160 Å². The Morgan fingerprint density at radius 3 is 3.12 bits per heavy atom. The fourth-order valence-electron chi connectivity index (χ4n) is 3.10. The number of carbonyl (C=O) groups excluding carboxylic acids is 1. The average molecular weight is 424 g/mol. The number of hydrogen-bond acceptors (Lipinski definition) is 5. The molecule has 2 heterocycles. The van der Waals surface area contributed by atoms with Crippen molar-refractivity contribution in [1.29, 1.82) is 0 Å². The molecular weight excluding hydrogens is 402 g/mol. The Bertz CT molecular complexity index is 708. The molecule has 1 N–H and O–H groups in total. The van der Waals surface area contributed by atoms with Crippen molar-refractivity contribution in [3.8, 4) is 5.75 Å². The molecule has 1 aliphatic rings. The number of rotatable bonds is 7. The van der Waals surface area contributed by atoms with E-state index < -0.39 is 0 Å². The van der Waals surface area contributed by atoms with Gasteiger partial charge in [-0.3, -0.25) is 4.79 Å². The van der Waals surface area contributed by atoms with E-state index in [1.54, 1.807) is 18.4 Å². The number of hydrogen-bond donors (Lipinski definition) is 1. The first-order valence-corrected chi connectivity index (χ1v) is 10.1. The van der Waals surface area contributed by atoms with Gasteiger partial charge in [0.2, 0.25) is 5.91 Å². The summed E-state index contributed by atoms with van der Waals surface area (Å²) in [4.78, 5) is 18.9. The molecule has 1 atom stereocenters. The number of nitrogens with one attached hydrogen (secondary N) is 1. The largest absolute Gasteiger partial charge is 0.496 e. The lowest BCUT2D eigenvalue weighted by molar-refractivity contribution is -0.121. The number of ether oxygens (including phenoxy) is 1. The Morgan fingerprint density at radius 2 is 2.40 bits per heavy atom. The van der Waals surface area contributed by atoms with Gasteiger partial charge in [-0.2, -0.15) is 0 Å². The van der Waals surface area contributed by atoms with Gasteiger partial charge in [-0.1, -0.05) is 6.07 Å². The summed E-state index contributed by atoms with van der Waals surface area (Å²) in [6, 6.07) is 6.28. The smallest absolute Gasteiger partial charge is 0.220 e. The van der Waals surface area contributed by atoms with Crippen molar-refractivity contribution in [3.63, 3.8) is 0 Å². The van der Waals surface area contributed by atoms with E-state index in [-0.39, 0.29) is 5.91 Å². The van der Waals surface area contributed by atoms with Crippen LogP contribution in [0.5, 0.6) is 5.75 Å². The summed E-state index contributed by atoms with van der Waals surface area (Å²) in [5.41, 5.74) is 1.12. The third kappa shape index (κ3) is 4.73. The molecule has 1 saturated heterocycles. The van der Waals surface area contributed by atoms with Crippen LogP contribution in [0.4, 0.5) is 5.13 Å². The SMILES string of the molecule is COc1ccc(CCC(=O)NCC2CCCN2c2nccs2)cc1Br. The van der Waals surface area contributed by atoms with Gasteiger partial charge in [-0.15, -0.1) is 11.3 Å². The van der Waals surface area contributed by atoms with Crippen LogP contribution < -0.4 is 15.0 Å². The van der Waals surface area contributed by atoms with Crippen LogP contribution in [0, 0.1) is 0 Å². The predicted octanol–water partition coefficient (Wildman–Crippen LogP) is 3.63. The number of nitrogens with zero attached hydrogens (tertiary/aromatic N) is 2. The number of benzene rings is 1. The van der Waals surface area contributed by atoms with E-state index in [0.717, 1.165) is 46.7 Å². The van der Waals surface area contributed by atoms with Crippen molar-refractivity contribution in [3.05, 3.63) is 39.8 Å². The standard InChI is InChI=1S/C18H22BrN3O2S/c1-24-16-6-4-13(11-15(16)19)5-7-17(23)21-12-14-3-2-9-22(14)18-20-8-10-25-18/h4,6,8,10-11,14H,2-3,5,7,9,12H2,1H3,(H,21,23). The molecule has 0 saturated carbocycles. The highest BCUT2D eigenvalue weighted by molar-refractivity contribution is 9.10. The summed E-state index contributed by atoms with van der Waals surface area (Å²) in [5, 5.41) is 6.14. The number of anilines is 1. The highest BCUT2D eigenvalue weighted by Gasteiger charge is 2.26. The van der Waals surface area contributed by atoms with Crippen LogP contribution in [-0.4, -0.2) is 37.1 Å². The quantitative estimate of drug-likeness (QED) is 0.738. The number of thiazole rings is 1. The first kappa shape index (κ1) is 18.2. The summed E-state index contributed by atoms with van der Waals surface area (Å²) in [7, 11) is 1.64. The second-order valence-electron chi connectivity index (χ2n) is 6.08. The number of amides is 1. The molecule has 1 aliphatic heterocycles. The van der Waals surface area contributed by atoms with E-state index >= 15 is 0 Å². The average Bonchev–Trinajstić information content (AvgIpc) is 3.29. The van der Waals surface area contributed by atoms with Crippen LogP contribution in [0.1, 0.15) is 24.8 Å². The second-order valence-corrected chi connectivity index (χ2v) is 7.80. The van der Waals surface area contributed by atoms with Gasteiger partial charge in [0.25, 0.3) is 0 Å². The molecule has 0 aliphatic carbocycles. The maximum atomic E-state index is 12.2. The van der Waals surface area contributed by atoms with Gasteiger partial charge in [-0.25, -0.2) is 4.98 Å². The van der Waals surface area contributed by atoms with Crippen molar-refractivity contribution in [2.75, 3.05) is 25.1 Å². The molecule has 134 valence electrons. The number of methoxy groups -OCH3 is 1.